The number of pyridine rings is 1. The molecule has 2 amide bonds. The van der Waals surface area contributed by atoms with Gasteiger partial charge in [-0.05, 0) is 24.5 Å². The van der Waals surface area contributed by atoms with E-state index in [1.807, 2.05) is 26.8 Å². The fraction of sp³-hybridized carbons (Fsp3) is 0.562. The van der Waals surface area contributed by atoms with E-state index in [0.29, 0.717) is 13.1 Å². The number of hydrogen-bond acceptors (Lipinski definition) is 5. The lowest BCUT2D eigenvalue weighted by Crippen LogP contribution is -2.55. The molecule has 9 heteroatoms. The summed E-state index contributed by atoms with van der Waals surface area (Å²) in [7, 11) is 0. The van der Waals surface area contributed by atoms with Crippen LogP contribution >= 0.6 is 24.8 Å². The van der Waals surface area contributed by atoms with Crippen LogP contribution in [0, 0.1) is 5.92 Å². The van der Waals surface area contributed by atoms with E-state index in [9.17, 15) is 9.59 Å². The summed E-state index contributed by atoms with van der Waals surface area (Å²) < 4.78 is 5.14. The zero-order chi connectivity index (χ0) is 17.3. The average molecular weight is 395 g/mol. The minimum atomic E-state index is -0.483. The average Bonchev–Trinajstić information content (AvgIpc) is 2.53. The van der Waals surface area contributed by atoms with Crippen molar-refractivity contribution in [2.24, 2.45) is 11.7 Å². The number of carbonyl (C=O) groups excluding carboxylic acids is 2. The quantitative estimate of drug-likeness (QED) is 0.580. The van der Waals surface area contributed by atoms with E-state index in [-0.39, 0.29) is 55.8 Å². The number of halogens is 2. The maximum absolute atomic E-state index is 11.9. The molecule has 1 atom stereocenters. The van der Waals surface area contributed by atoms with Crippen LogP contribution < -0.4 is 16.4 Å². The number of ether oxygens (including phenoxy) is 1. The minimum Gasteiger partial charge on any atom is -0.362 e. The van der Waals surface area contributed by atoms with Crippen LogP contribution in [0.25, 0.3) is 0 Å². The number of amides is 2. The lowest BCUT2D eigenvalue weighted by molar-refractivity contribution is -0.132. The Hall–Kier alpha value is -1.41. The summed E-state index contributed by atoms with van der Waals surface area (Å²) in [6, 6.07) is 3.66. The summed E-state index contributed by atoms with van der Waals surface area (Å²) >= 11 is 0. The summed E-state index contributed by atoms with van der Waals surface area (Å²) in [5.41, 5.74) is 6.12. The first-order valence-corrected chi connectivity index (χ1v) is 7.62. The van der Waals surface area contributed by atoms with Gasteiger partial charge in [0, 0.05) is 25.5 Å². The lowest BCUT2D eigenvalue weighted by Gasteiger charge is -2.33. The van der Waals surface area contributed by atoms with Gasteiger partial charge in [-0.3, -0.25) is 14.6 Å². The van der Waals surface area contributed by atoms with E-state index < -0.39 is 5.54 Å². The molecule has 25 heavy (non-hydrogen) atoms. The highest BCUT2D eigenvalue weighted by molar-refractivity contribution is 5.85. The van der Waals surface area contributed by atoms with Gasteiger partial charge < -0.3 is 21.1 Å². The SMILES string of the molecule is CC(C)C(C)(CN)NC(=O)COCC(=O)NCc1cccnc1.Cl.Cl. The van der Waals surface area contributed by atoms with E-state index in [1.165, 1.54) is 0 Å². The van der Waals surface area contributed by atoms with Gasteiger partial charge in [-0.2, -0.15) is 0 Å². The Morgan fingerprint density at radius 1 is 1.28 bits per heavy atom. The maximum Gasteiger partial charge on any atom is 0.246 e. The van der Waals surface area contributed by atoms with E-state index >= 15 is 0 Å². The molecule has 1 rings (SSSR count). The van der Waals surface area contributed by atoms with Gasteiger partial charge in [0.1, 0.15) is 13.2 Å². The van der Waals surface area contributed by atoms with E-state index in [4.69, 9.17) is 10.5 Å². The van der Waals surface area contributed by atoms with Crippen LogP contribution in [-0.4, -0.2) is 42.1 Å². The Morgan fingerprint density at radius 3 is 2.44 bits per heavy atom. The molecule has 0 aromatic carbocycles. The van der Waals surface area contributed by atoms with Gasteiger partial charge in [-0.15, -0.1) is 24.8 Å². The van der Waals surface area contributed by atoms with Crippen molar-refractivity contribution in [2.75, 3.05) is 19.8 Å². The zero-order valence-electron chi connectivity index (χ0n) is 14.8. The molecular formula is C16H28Cl2N4O3. The second-order valence-corrected chi connectivity index (χ2v) is 5.96. The fourth-order valence-corrected chi connectivity index (χ4v) is 1.78. The molecule has 1 heterocycles. The van der Waals surface area contributed by atoms with Gasteiger partial charge in [0.05, 0.1) is 5.54 Å². The third-order valence-corrected chi connectivity index (χ3v) is 3.80. The Bertz CT molecular complexity index is 517. The summed E-state index contributed by atoms with van der Waals surface area (Å²) in [6.45, 7) is 6.22. The summed E-state index contributed by atoms with van der Waals surface area (Å²) in [4.78, 5) is 27.4. The predicted molar refractivity (Wildman–Crippen MR) is 102 cm³/mol. The van der Waals surface area contributed by atoms with Crippen LogP contribution in [0.2, 0.25) is 0 Å². The predicted octanol–water partition coefficient (Wildman–Crippen LogP) is 1.05. The molecule has 0 aliphatic heterocycles. The number of carbonyl (C=O) groups is 2. The molecule has 1 aromatic heterocycles. The third-order valence-electron chi connectivity index (χ3n) is 3.80. The van der Waals surface area contributed by atoms with Crippen LogP contribution in [0.5, 0.6) is 0 Å². The summed E-state index contributed by atoms with van der Waals surface area (Å²) in [6.07, 6.45) is 3.34. The van der Waals surface area contributed by atoms with Gasteiger partial charge in [0.2, 0.25) is 11.8 Å². The highest BCUT2D eigenvalue weighted by Gasteiger charge is 2.28. The van der Waals surface area contributed by atoms with Gasteiger partial charge in [-0.1, -0.05) is 19.9 Å². The van der Waals surface area contributed by atoms with Gasteiger partial charge in [-0.25, -0.2) is 0 Å². The first kappa shape index (κ1) is 25.8. The number of rotatable bonds is 9. The topological polar surface area (TPSA) is 106 Å². The van der Waals surface area contributed by atoms with Crippen LogP contribution in [0.15, 0.2) is 24.5 Å². The second-order valence-electron chi connectivity index (χ2n) is 5.96. The standard InChI is InChI=1S/C16H26N4O3.2ClH/c1-12(2)16(3,11-17)20-15(22)10-23-9-14(21)19-8-13-5-4-6-18-7-13;;/h4-7,12H,8-11,17H2,1-3H3,(H,19,21)(H,20,22);2*1H. The molecule has 144 valence electrons. The van der Waals surface area contributed by atoms with Crippen LogP contribution in [0.1, 0.15) is 26.3 Å². The Kier molecular flexibility index (Phi) is 13.3. The molecule has 0 radical (unpaired) electrons. The smallest absolute Gasteiger partial charge is 0.246 e. The van der Waals surface area contributed by atoms with E-state index in [0.717, 1.165) is 5.56 Å². The molecule has 4 N–H and O–H groups in total. The molecule has 0 aliphatic carbocycles. The first-order valence-electron chi connectivity index (χ1n) is 7.62. The highest BCUT2D eigenvalue weighted by Crippen LogP contribution is 2.14. The molecule has 0 spiro atoms. The minimum absolute atomic E-state index is 0. The van der Waals surface area contributed by atoms with E-state index in [1.54, 1.807) is 18.5 Å². The molecule has 7 nitrogen and oxygen atoms in total. The van der Waals surface area contributed by atoms with Crippen molar-refractivity contribution in [3.63, 3.8) is 0 Å². The Labute approximate surface area is 161 Å². The number of nitrogens with one attached hydrogen (secondary N) is 2. The number of hydrogen-bond donors (Lipinski definition) is 3. The van der Waals surface area contributed by atoms with Crippen molar-refractivity contribution in [2.45, 2.75) is 32.9 Å². The van der Waals surface area contributed by atoms with Crippen molar-refractivity contribution < 1.29 is 14.3 Å². The Morgan fingerprint density at radius 2 is 1.92 bits per heavy atom. The van der Waals surface area contributed by atoms with Gasteiger partial charge in [0.25, 0.3) is 0 Å². The van der Waals surface area contributed by atoms with Crippen LogP contribution in [0.4, 0.5) is 0 Å². The van der Waals surface area contributed by atoms with Crippen molar-refractivity contribution >= 4 is 36.6 Å². The number of nitrogens with two attached hydrogens (primary N) is 1. The van der Waals surface area contributed by atoms with Gasteiger partial charge in [0.15, 0.2) is 0 Å². The maximum atomic E-state index is 11.9. The number of aromatic nitrogens is 1. The molecule has 0 saturated heterocycles. The van der Waals surface area contributed by atoms with Gasteiger partial charge >= 0.3 is 0 Å². The summed E-state index contributed by atoms with van der Waals surface area (Å²) in [5, 5.41) is 5.54. The molecular weight excluding hydrogens is 367 g/mol. The largest absolute Gasteiger partial charge is 0.362 e. The number of nitrogens with zero attached hydrogens (tertiary/aromatic N) is 1. The molecule has 0 aliphatic rings. The molecule has 1 unspecified atom stereocenters. The summed E-state index contributed by atoms with van der Waals surface area (Å²) in [5.74, 6) is -0.377. The van der Waals surface area contributed by atoms with Crippen molar-refractivity contribution in [3.8, 4) is 0 Å². The Balaban J connectivity index is 0. The zero-order valence-corrected chi connectivity index (χ0v) is 16.4. The molecule has 0 saturated carbocycles. The molecule has 0 bridgehead atoms. The molecule has 1 aromatic rings. The first-order chi connectivity index (χ1) is 10.9. The normalized spacial score (nSPS) is 12.4. The van der Waals surface area contributed by atoms with Crippen LogP contribution in [-0.2, 0) is 20.9 Å². The van der Waals surface area contributed by atoms with Crippen molar-refractivity contribution in [3.05, 3.63) is 30.1 Å². The monoisotopic (exact) mass is 394 g/mol. The highest BCUT2D eigenvalue weighted by atomic mass is 35.5. The van der Waals surface area contributed by atoms with Crippen molar-refractivity contribution in [1.82, 2.24) is 15.6 Å². The third kappa shape index (κ3) is 9.60. The van der Waals surface area contributed by atoms with Crippen LogP contribution in [0.3, 0.4) is 0 Å². The second kappa shape index (κ2) is 12.9. The van der Waals surface area contributed by atoms with Crippen molar-refractivity contribution in [1.29, 1.82) is 0 Å². The van der Waals surface area contributed by atoms with E-state index in [2.05, 4.69) is 15.6 Å². The molecule has 0 fully saturated rings. The lowest BCUT2D eigenvalue weighted by atomic mass is 9.88. The fourth-order valence-electron chi connectivity index (χ4n) is 1.78.